The van der Waals surface area contributed by atoms with Gasteiger partial charge in [0.15, 0.2) is 5.82 Å². The second kappa shape index (κ2) is 9.86. The van der Waals surface area contributed by atoms with Crippen LogP contribution in [0.15, 0.2) is 36.2 Å². The zero-order chi connectivity index (χ0) is 23.0. The number of carbonyl (C=O) groups excluding carboxylic acids is 1. The van der Waals surface area contributed by atoms with E-state index in [1.54, 1.807) is 11.3 Å². The summed E-state index contributed by atoms with van der Waals surface area (Å²) in [6.45, 7) is 16.3. The fourth-order valence-corrected chi connectivity index (χ4v) is 5.02. The quantitative estimate of drug-likeness (QED) is 0.415. The molecule has 1 aliphatic heterocycles. The molecule has 0 fully saturated rings. The van der Waals surface area contributed by atoms with E-state index in [0.717, 1.165) is 35.7 Å². The summed E-state index contributed by atoms with van der Waals surface area (Å²) < 4.78 is 2.13. The Labute approximate surface area is 207 Å². The van der Waals surface area contributed by atoms with Crippen molar-refractivity contribution in [2.45, 2.75) is 54.0 Å². The molecular weight excluding hydrogens is 450 g/mol. The average molecular weight is 484 g/mol. The number of nitrogens with one attached hydrogen (secondary N) is 1. The zero-order valence-corrected chi connectivity index (χ0v) is 21.8. The lowest BCUT2D eigenvalue weighted by molar-refractivity contribution is 0.0924. The molecule has 0 bridgehead atoms. The van der Waals surface area contributed by atoms with Crippen molar-refractivity contribution >= 4 is 35.7 Å². The summed E-state index contributed by atoms with van der Waals surface area (Å²) >= 11 is 1.66. The van der Waals surface area contributed by atoms with Crippen LogP contribution in [-0.4, -0.2) is 22.0 Å². The van der Waals surface area contributed by atoms with Crippen molar-refractivity contribution in [1.29, 1.82) is 0 Å². The van der Waals surface area contributed by atoms with Crippen LogP contribution in [0.5, 0.6) is 0 Å². The summed E-state index contributed by atoms with van der Waals surface area (Å²) in [6.07, 6.45) is 3.84. The van der Waals surface area contributed by atoms with Gasteiger partial charge in [0, 0.05) is 18.7 Å². The number of halogens is 1. The number of amides is 1. The van der Waals surface area contributed by atoms with Gasteiger partial charge in [0.2, 0.25) is 0 Å². The van der Waals surface area contributed by atoms with E-state index in [4.69, 9.17) is 4.98 Å². The Morgan fingerprint density at radius 3 is 2.70 bits per heavy atom. The Morgan fingerprint density at radius 2 is 2.09 bits per heavy atom. The average Bonchev–Trinajstić information content (AvgIpc) is 3.38. The molecule has 1 aromatic carbocycles. The maximum atomic E-state index is 13.2. The number of benzene rings is 1. The molecule has 4 rings (SSSR count). The van der Waals surface area contributed by atoms with Gasteiger partial charge in [-0.1, -0.05) is 59.4 Å². The lowest BCUT2D eigenvalue weighted by Gasteiger charge is -2.24. The van der Waals surface area contributed by atoms with Crippen LogP contribution in [0.1, 0.15) is 61.9 Å². The van der Waals surface area contributed by atoms with Gasteiger partial charge in [-0.05, 0) is 58.4 Å². The van der Waals surface area contributed by atoms with Gasteiger partial charge in [0.1, 0.15) is 5.69 Å². The molecule has 0 spiro atoms. The molecule has 3 aromatic rings. The first-order chi connectivity index (χ1) is 15.2. The molecule has 0 atom stereocenters. The topological polar surface area (TPSA) is 46.9 Å². The molecule has 1 amide bonds. The molecular formula is C27H34ClN3OS. The Hall–Kier alpha value is -2.37. The van der Waals surface area contributed by atoms with Crippen LogP contribution in [0.25, 0.3) is 27.9 Å². The summed E-state index contributed by atoms with van der Waals surface area (Å²) in [4.78, 5) is 19.2. The predicted octanol–water partition coefficient (Wildman–Crippen LogP) is 6.87. The Kier molecular flexibility index (Phi) is 7.55. The molecule has 2 aromatic heterocycles. The summed E-state index contributed by atoms with van der Waals surface area (Å²) in [5.41, 5.74) is 7.01. The molecule has 33 heavy (non-hydrogen) atoms. The van der Waals surface area contributed by atoms with Gasteiger partial charge in [-0.3, -0.25) is 4.79 Å². The van der Waals surface area contributed by atoms with E-state index >= 15 is 0 Å². The fourth-order valence-electron chi connectivity index (χ4n) is 4.30. The highest BCUT2D eigenvalue weighted by molar-refractivity contribution is 7.13. The van der Waals surface area contributed by atoms with Crippen molar-refractivity contribution in [3.05, 3.63) is 58.7 Å². The van der Waals surface area contributed by atoms with Crippen molar-refractivity contribution in [3.63, 3.8) is 0 Å². The maximum absolute atomic E-state index is 13.2. The standard InChI is InChI=1S/C27H33N3OS.ClH/c1-7-18-14-19-10-11-30-24(21(19)15-20(18)13-17(2)3)23(22-9-8-12-32-22)29-25(30)26(31)28-16-27(4,5)6;/h7-9,12,14-15,17H,1,10-11,13,16H2,2-6H3,(H,28,31);1H. The van der Waals surface area contributed by atoms with Crippen molar-refractivity contribution < 1.29 is 4.79 Å². The van der Waals surface area contributed by atoms with Gasteiger partial charge in [0.05, 0.1) is 10.6 Å². The third-order valence-electron chi connectivity index (χ3n) is 5.78. The first-order valence-corrected chi connectivity index (χ1v) is 12.3. The Balaban J connectivity index is 0.00000306. The van der Waals surface area contributed by atoms with E-state index in [9.17, 15) is 4.79 Å². The zero-order valence-electron chi connectivity index (χ0n) is 20.2. The summed E-state index contributed by atoms with van der Waals surface area (Å²) in [5, 5.41) is 5.16. The number of thiophene rings is 1. The normalized spacial score (nSPS) is 12.7. The van der Waals surface area contributed by atoms with Crippen LogP contribution in [0.3, 0.4) is 0 Å². The first-order valence-electron chi connectivity index (χ1n) is 11.4. The number of hydrogen-bond acceptors (Lipinski definition) is 3. The molecule has 176 valence electrons. The molecule has 1 aliphatic rings. The number of aromatic nitrogens is 2. The summed E-state index contributed by atoms with van der Waals surface area (Å²) in [5.74, 6) is 0.963. The second-order valence-corrected chi connectivity index (χ2v) is 11.2. The highest BCUT2D eigenvalue weighted by Gasteiger charge is 2.29. The van der Waals surface area contributed by atoms with Crippen LogP contribution in [0.4, 0.5) is 0 Å². The van der Waals surface area contributed by atoms with Crippen LogP contribution in [0.2, 0.25) is 0 Å². The van der Waals surface area contributed by atoms with Crippen molar-refractivity contribution in [3.8, 4) is 21.8 Å². The SMILES string of the molecule is C=Cc1cc2c(cc1CC(C)C)-c1c(-c3cccs3)nc(C(=O)NCC(C)(C)C)n1CC2.Cl. The van der Waals surface area contributed by atoms with Crippen molar-refractivity contribution in [2.24, 2.45) is 11.3 Å². The minimum atomic E-state index is -0.0995. The minimum absolute atomic E-state index is 0. The number of fused-ring (bicyclic) bond motifs is 3. The third kappa shape index (κ3) is 5.25. The lowest BCUT2D eigenvalue weighted by atomic mass is 9.88. The van der Waals surface area contributed by atoms with Crippen LogP contribution < -0.4 is 5.32 Å². The predicted molar refractivity (Wildman–Crippen MR) is 142 cm³/mol. The number of carbonyl (C=O) groups is 1. The molecule has 3 heterocycles. The highest BCUT2D eigenvalue weighted by Crippen LogP contribution is 2.41. The van der Waals surface area contributed by atoms with E-state index in [1.165, 1.54) is 22.3 Å². The number of rotatable bonds is 6. The van der Waals surface area contributed by atoms with Gasteiger partial charge >= 0.3 is 0 Å². The molecule has 0 saturated carbocycles. The number of hydrogen-bond donors (Lipinski definition) is 1. The van der Waals surface area contributed by atoms with Crippen LogP contribution in [0, 0.1) is 11.3 Å². The maximum Gasteiger partial charge on any atom is 0.287 e. The molecule has 0 radical (unpaired) electrons. The number of aryl methyl sites for hydroxylation is 1. The van der Waals surface area contributed by atoms with Crippen LogP contribution in [-0.2, 0) is 19.4 Å². The van der Waals surface area contributed by atoms with E-state index in [1.807, 2.05) is 12.1 Å². The lowest BCUT2D eigenvalue weighted by Crippen LogP contribution is -2.34. The molecule has 0 aliphatic carbocycles. The van der Waals surface area contributed by atoms with Gasteiger partial charge in [0.25, 0.3) is 5.91 Å². The third-order valence-corrected chi connectivity index (χ3v) is 6.65. The van der Waals surface area contributed by atoms with Crippen molar-refractivity contribution in [2.75, 3.05) is 6.54 Å². The van der Waals surface area contributed by atoms with E-state index in [-0.39, 0.29) is 23.7 Å². The number of imidazole rings is 1. The molecule has 0 unspecified atom stereocenters. The largest absolute Gasteiger partial charge is 0.349 e. The highest BCUT2D eigenvalue weighted by atomic mass is 35.5. The molecule has 6 heteroatoms. The number of nitrogens with zero attached hydrogens (tertiary/aromatic N) is 2. The van der Waals surface area contributed by atoms with Gasteiger partial charge in [-0.2, -0.15) is 0 Å². The molecule has 0 saturated heterocycles. The summed E-state index contributed by atoms with van der Waals surface area (Å²) in [7, 11) is 0. The van der Waals surface area contributed by atoms with Crippen LogP contribution >= 0.6 is 23.7 Å². The second-order valence-electron chi connectivity index (χ2n) is 10.3. The Bertz CT molecular complexity index is 1150. The van der Waals surface area contributed by atoms with E-state index < -0.39 is 0 Å². The monoisotopic (exact) mass is 483 g/mol. The van der Waals surface area contributed by atoms with E-state index in [2.05, 4.69) is 74.7 Å². The van der Waals surface area contributed by atoms with Crippen molar-refractivity contribution in [1.82, 2.24) is 14.9 Å². The fraction of sp³-hybridized carbons (Fsp3) is 0.407. The Morgan fingerprint density at radius 1 is 1.33 bits per heavy atom. The first kappa shape index (κ1) is 25.3. The molecule has 1 N–H and O–H groups in total. The minimum Gasteiger partial charge on any atom is -0.349 e. The smallest absolute Gasteiger partial charge is 0.287 e. The molecule has 4 nitrogen and oxygen atoms in total. The van der Waals surface area contributed by atoms with E-state index in [0.29, 0.717) is 18.3 Å². The summed E-state index contributed by atoms with van der Waals surface area (Å²) in [6, 6.07) is 8.73. The van der Waals surface area contributed by atoms with Gasteiger partial charge in [-0.15, -0.1) is 23.7 Å². The van der Waals surface area contributed by atoms with Gasteiger partial charge < -0.3 is 9.88 Å². The van der Waals surface area contributed by atoms with Gasteiger partial charge in [-0.25, -0.2) is 4.98 Å².